The first kappa shape index (κ1) is 25.9. The molecule has 0 unspecified atom stereocenters. The van der Waals surface area contributed by atoms with E-state index >= 15 is 0 Å². The predicted molar refractivity (Wildman–Crippen MR) is 147 cm³/mol. The molecule has 0 N–H and O–H groups in total. The molecule has 3 aliphatic rings. The molecular weight excluding hydrogens is 574 g/mol. The zero-order chi connectivity index (χ0) is 26.5. The lowest BCUT2D eigenvalue weighted by Gasteiger charge is -2.21. The Morgan fingerprint density at radius 1 is 0.421 bits per heavy atom. The maximum atomic E-state index is 5.91. The van der Waals surface area contributed by atoms with Crippen molar-refractivity contribution in [2.75, 3.05) is 0 Å². The van der Waals surface area contributed by atoms with E-state index in [1.54, 1.807) is 24.3 Å². The van der Waals surface area contributed by atoms with Gasteiger partial charge in [0.15, 0.2) is 34.5 Å². The molecule has 3 heterocycles. The van der Waals surface area contributed by atoms with E-state index < -0.39 is 0 Å². The molecule has 0 spiro atoms. The van der Waals surface area contributed by atoms with Gasteiger partial charge >= 0.3 is 0 Å². The van der Waals surface area contributed by atoms with Crippen LogP contribution in [0.4, 0.5) is 0 Å². The molecule has 3 aliphatic heterocycles. The van der Waals surface area contributed by atoms with Gasteiger partial charge < -0.3 is 9.47 Å². The smallest absolute Gasteiger partial charge is 0.185 e. The lowest BCUT2D eigenvalue weighted by molar-refractivity contribution is -0.151. The first-order valence-electron chi connectivity index (χ1n) is 11.0. The van der Waals surface area contributed by atoms with Crippen molar-refractivity contribution in [2.24, 2.45) is 0 Å². The van der Waals surface area contributed by atoms with Crippen molar-refractivity contribution in [2.45, 2.75) is 0 Å². The van der Waals surface area contributed by atoms with Crippen LogP contribution in [0.3, 0.4) is 0 Å². The third-order valence-electron chi connectivity index (χ3n) is 5.13. The van der Waals surface area contributed by atoms with Gasteiger partial charge in [0, 0.05) is 35.4 Å². The highest BCUT2D eigenvalue weighted by atomic mass is 35.5. The van der Waals surface area contributed by atoms with Gasteiger partial charge in [0.1, 0.15) is 12.5 Å². The van der Waals surface area contributed by atoms with Crippen LogP contribution in [0.5, 0.6) is 34.5 Å². The van der Waals surface area contributed by atoms with E-state index in [9.17, 15) is 0 Å². The predicted octanol–water partition coefficient (Wildman–Crippen LogP) is 10.2. The van der Waals surface area contributed by atoms with E-state index in [0.717, 1.165) is 22.6 Å². The Hall–Kier alpha value is -3.68. The summed E-state index contributed by atoms with van der Waals surface area (Å²) in [6.45, 7) is 0. The molecule has 10 heteroatoms. The summed E-state index contributed by atoms with van der Waals surface area (Å²) >= 11 is 23.7. The Balaban J connectivity index is 0.000000125. The third kappa shape index (κ3) is 6.06. The quantitative estimate of drug-likeness (QED) is 0.167. The summed E-state index contributed by atoms with van der Waals surface area (Å²) in [4.78, 5) is 18.9. The highest BCUT2D eigenvalue weighted by Crippen LogP contribution is 2.49. The molecule has 4 aromatic carbocycles. The van der Waals surface area contributed by atoms with Gasteiger partial charge in [-0.3, -0.25) is 19.6 Å². The molecule has 6 nitrogen and oxygen atoms in total. The second-order valence-electron chi connectivity index (χ2n) is 7.67. The largest absolute Gasteiger partial charge is 0.449 e. The summed E-state index contributed by atoms with van der Waals surface area (Å²) in [6.07, 6.45) is 6.75. The molecular formula is C28H16Cl4O6. The molecule has 0 aliphatic carbocycles. The van der Waals surface area contributed by atoms with E-state index in [1.807, 2.05) is 60.7 Å². The number of halogens is 4. The van der Waals surface area contributed by atoms with Gasteiger partial charge in [-0.05, 0) is 24.3 Å². The van der Waals surface area contributed by atoms with Crippen LogP contribution >= 0.6 is 46.4 Å². The minimum atomic E-state index is 0.391. The van der Waals surface area contributed by atoms with Crippen LogP contribution in [0, 0.1) is 0 Å². The Kier molecular flexibility index (Phi) is 8.05. The van der Waals surface area contributed by atoms with Crippen molar-refractivity contribution in [3.05, 3.63) is 117 Å². The first-order valence-corrected chi connectivity index (χ1v) is 12.5. The Morgan fingerprint density at radius 3 is 1.11 bits per heavy atom. The molecule has 0 fully saturated rings. The molecule has 0 amide bonds. The molecule has 0 bridgehead atoms. The molecule has 4 aromatic rings. The Labute approximate surface area is 237 Å². The zero-order valence-electron chi connectivity index (χ0n) is 19.2. The van der Waals surface area contributed by atoms with Crippen LogP contribution in [0.2, 0.25) is 20.1 Å². The number of para-hydroxylation sites is 2. The van der Waals surface area contributed by atoms with Crippen molar-refractivity contribution < 1.29 is 29.0 Å². The molecule has 0 atom stereocenters. The maximum absolute atomic E-state index is 5.91. The Bertz CT molecular complexity index is 1370. The van der Waals surface area contributed by atoms with Crippen molar-refractivity contribution in [3.63, 3.8) is 0 Å². The van der Waals surface area contributed by atoms with E-state index in [4.69, 9.17) is 65.7 Å². The maximum Gasteiger partial charge on any atom is 0.185 e. The SMILES string of the molecule is C1=Cc2ccccc2OO1.C1=Cc2ccccc2OO1.Clc1cc2c(cc1Cl)Oc1cc(Cl)c(Cl)cc1O2. The van der Waals surface area contributed by atoms with Gasteiger partial charge in [-0.15, -0.1) is 0 Å². The summed E-state index contributed by atoms with van der Waals surface area (Å²) in [6, 6.07) is 21.7. The molecule has 0 aromatic heterocycles. The average Bonchev–Trinajstić information content (AvgIpc) is 2.95. The van der Waals surface area contributed by atoms with Crippen molar-refractivity contribution in [1.29, 1.82) is 0 Å². The average molecular weight is 590 g/mol. The topological polar surface area (TPSA) is 55.4 Å². The lowest BCUT2D eigenvalue weighted by Crippen LogP contribution is -1.99. The summed E-state index contributed by atoms with van der Waals surface area (Å²) in [5.74, 6) is 3.46. The van der Waals surface area contributed by atoms with Crippen molar-refractivity contribution >= 4 is 58.6 Å². The fourth-order valence-corrected chi connectivity index (χ4v) is 3.94. The van der Waals surface area contributed by atoms with Gasteiger partial charge in [0.2, 0.25) is 0 Å². The second kappa shape index (κ2) is 11.8. The van der Waals surface area contributed by atoms with Crippen molar-refractivity contribution in [3.8, 4) is 34.5 Å². The van der Waals surface area contributed by atoms with Crippen LogP contribution in [-0.2, 0) is 9.78 Å². The van der Waals surface area contributed by atoms with Crippen LogP contribution in [0.15, 0.2) is 85.3 Å². The second-order valence-corrected chi connectivity index (χ2v) is 9.30. The van der Waals surface area contributed by atoms with E-state index in [0.29, 0.717) is 43.1 Å². The minimum Gasteiger partial charge on any atom is -0.449 e. The molecule has 0 radical (unpaired) electrons. The zero-order valence-corrected chi connectivity index (χ0v) is 22.2. The highest BCUT2D eigenvalue weighted by molar-refractivity contribution is 6.42. The number of ether oxygens (including phenoxy) is 2. The summed E-state index contributed by atoms with van der Waals surface area (Å²) in [7, 11) is 0. The van der Waals surface area contributed by atoms with Gasteiger partial charge in [-0.25, -0.2) is 0 Å². The van der Waals surface area contributed by atoms with Gasteiger partial charge in [0.25, 0.3) is 0 Å². The van der Waals surface area contributed by atoms with Crippen molar-refractivity contribution in [1.82, 2.24) is 0 Å². The fourth-order valence-electron chi connectivity index (χ4n) is 3.33. The molecule has 38 heavy (non-hydrogen) atoms. The normalized spacial score (nSPS) is 12.7. The van der Waals surface area contributed by atoms with Crippen LogP contribution in [0.1, 0.15) is 11.1 Å². The molecule has 7 rings (SSSR count). The van der Waals surface area contributed by atoms with Gasteiger partial charge in [-0.1, -0.05) is 82.8 Å². The highest BCUT2D eigenvalue weighted by Gasteiger charge is 2.22. The van der Waals surface area contributed by atoms with Crippen LogP contribution in [-0.4, -0.2) is 0 Å². The molecule has 0 saturated heterocycles. The number of fused-ring (bicyclic) bond motifs is 4. The van der Waals surface area contributed by atoms with Gasteiger partial charge in [-0.2, -0.15) is 0 Å². The van der Waals surface area contributed by atoms with Gasteiger partial charge in [0.05, 0.1) is 20.1 Å². The third-order valence-corrected chi connectivity index (χ3v) is 6.58. The number of hydrogen-bond acceptors (Lipinski definition) is 6. The first-order chi connectivity index (χ1) is 18.5. The minimum absolute atomic E-state index is 0.391. The summed E-state index contributed by atoms with van der Waals surface area (Å²) in [5.41, 5.74) is 2.10. The summed E-state index contributed by atoms with van der Waals surface area (Å²) < 4.78 is 11.3. The fraction of sp³-hybridized carbons (Fsp3) is 0. The van der Waals surface area contributed by atoms with E-state index in [1.165, 1.54) is 12.5 Å². The Morgan fingerprint density at radius 2 is 0.763 bits per heavy atom. The lowest BCUT2D eigenvalue weighted by atomic mass is 10.2. The van der Waals surface area contributed by atoms with E-state index in [2.05, 4.69) is 9.78 Å². The standard InChI is InChI=1S/C12H4Cl4O2.2C8H6O2/c13-5-1-9-10(2-6(5)14)18-12-4-8(16)7(15)3-11(12)17-9;2*1-2-4-8-7(3-1)5-6-9-10-8/h1-4H;2*1-6H. The van der Waals surface area contributed by atoms with Crippen LogP contribution in [0.25, 0.3) is 12.2 Å². The molecule has 0 saturated carbocycles. The molecule has 192 valence electrons. The van der Waals surface area contributed by atoms with Crippen LogP contribution < -0.4 is 19.2 Å². The summed E-state index contributed by atoms with van der Waals surface area (Å²) in [5, 5.41) is 1.56. The monoisotopic (exact) mass is 588 g/mol. The van der Waals surface area contributed by atoms with E-state index in [-0.39, 0.29) is 0 Å². The number of hydrogen-bond donors (Lipinski definition) is 0. The number of benzene rings is 4. The number of rotatable bonds is 0.